The molecule has 0 radical (unpaired) electrons. The number of nitrogens with zero attached hydrogens (tertiary/aromatic N) is 1. The Kier molecular flexibility index (Phi) is 4.61. The van der Waals surface area contributed by atoms with Crippen LogP contribution in [0.5, 0.6) is 0 Å². The first kappa shape index (κ1) is 14.8. The van der Waals surface area contributed by atoms with Gasteiger partial charge in [-0.15, -0.1) is 0 Å². The molecule has 0 aromatic heterocycles. The number of hydrogen-bond donors (Lipinski definition) is 1. The summed E-state index contributed by atoms with van der Waals surface area (Å²) >= 11 is 0. The van der Waals surface area contributed by atoms with Crippen molar-refractivity contribution in [2.75, 3.05) is 13.1 Å². The average molecular weight is 272 g/mol. The van der Waals surface area contributed by atoms with E-state index in [-0.39, 0.29) is 5.91 Å². The molecule has 1 atom stereocenters. The number of carbonyl (C=O) groups excluding carboxylic acids is 1. The van der Waals surface area contributed by atoms with Gasteiger partial charge in [0, 0.05) is 13.1 Å². The molecule has 1 aliphatic rings. The van der Waals surface area contributed by atoms with Crippen molar-refractivity contribution in [1.82, 2.24) is 4.90 Å². The zero-order chi connectivity index (χ0) is 14.6. The van der Waals surface area contributed by atoms with E-state index in [1.165, 1.54) is 11.1 Å². The molecule has 1 amide bonds. The summed E-state index contributed by atoms with van der Waals surface area (Å²) in [6.07, 6.45) is 4.71. The van der Waals surface area contributed by atoms with Crippen LogP contribution in [0.4, 0.5) is 0 Å². The lowest BCUT2D eigenvalue weighted by Crippen LogP contribution is -2.54. The van der Waals surface area contributed by atoms with Crippen LogP contribution in [0.15, 0.2) is 36.4 Å². The maximum absolute atomic E-state index is 12.4. The summed E-state index contributed by atoms with van der Waals surface area (Å²) in [5.41, 5.74) is 7.98. The molecular formula is C17H24N2O. The van der Waals surface area contributed by atoms with Crippen molar-refractivity contribution in [3.8, 4) is 0 Å². The van der Waals surface area contributed by atoms with Gasteiger partial charge in [0.15, 0.2) is 0 Å². The predicted octanol–water partition coefficient (Wildman–Crippen LogP) is 2.82. The highest BCUT2D eigenvalue weighted by molar-refractivity contribution is 5.86. The zero-order valence-corrected chi connectivity index (χ0v) is 12.4. The largest absolute Gasteiger partial charge is 0.337 e. The van der Waals surface area contributed by atoms with Crippen molar-refractivity contribution in [3.05, 3.63) is 42.0 Å². The lowest BCUT2D eigenvalue weighted by Gasteiger charge is -2.33. The van der Waals surface area contributed by atoms with Gasteiger partial charge in [-0.25, -0.2) is 0 Å². The number of carbonyl (C=O) groups is 1. The van der Waals surface area contributed by atoms with Gasteiger partial charge in [0.05, 0.1) is 5.54 Å². The number of nitrogens with two attached hydrogens (primary N) is 1. The Bertz CT molecular complexity index is 491. The molecule has 1 aromatic rings. The Morgan fingerprint density at radius 1 is 1.35 bits per heavy atom. The predicted molar refractivity (Wildman–Crippen MR) is 83.1 cm³/mol. The van der Waals surface area contributed by atoms with Gasteiger partial charge in [0.1, 0.15) is 0 Å². The molecule has 1 unspecified atom stereocenters. The fraction of sp³-hybridized carbons (Fsp3) is 0.471. The molecule has 0 fully saturated rings. The van der Waals surface area contributed by atoms with E-state index in [0.29, 0.717) is 6.54 Å². The quantitative estimate of drug-likeness (QED) is 0.916. The fourth-order valence-corrected chi connectivity index (χ4v) is 2.76. The van der Waals surface area contributed by atoms with Gasteiger partial charge < -0.3 is 10.6 Å². The molecule has 0 aliphatic carbocycles. The topological polar surface area (TPSA) is 46.3 Å². The molecule has 0 spiro atoms. The van der Waals surface area contributed by atoms with E-state index < -0.39 is 5.54 Å². The highest BCUT2D eigenvalue weighted by atomic mass is 16.2. The molecule has 20 heavy (non-hydrogen) atoms. The Morgan fingerprint density at radius 2 is 2.05 bits per heavy atom. The summed E-state index contributed by atoms with van der Waals surface area (Å²) < 4.78 is 0. The van der Waals surface area contributed by atoms with Gasteiger partial charge in [0.25, 0.3) is 0 Å². The van der Waals surface area contributed by atoms with Crippen molar-refractivity contribution in [3.63, 3.8) is 0 Å². The van der Waals surface area contributed by atoms with Gasteiger partial charge >= 0.3 is 0 Å². The number of hydrogen-bond acceptors (Lipinski definition) is 2. The van der Waals surface area contributed by atoms with Crippen molar-refractivity contribution in [2.24, 2.45) is 5.73 Å². The van der Waals surface area contributed by atoms with Crippen LogP contribution in [-0.4, -0.2) is 29.4 Å². The maximum atomic E-state index is 12.4. The van der Waals surface area contributed by atoms with Crippen molar-refractivity contribution < 1.29 is 4.79 Å². The average Bonchev–Trinajstić information content (AvgIpc) is 2.47. The Hall–Kier alpha value is -1.61. The first-order valence-electron chi connectivity index (χ1n) is 7.37. The standard InChI is InChI=1S/C17H24N2O/c1-3-11-17(2,18)16(20)19-12-9-15(10-13-19)14-7-5-4-6-8-14/h4-9H,3,10-13,18H2,1-2H3. The van der Waals surface area contributed by atoms with Crippen LogP contribution in [0.2, 0.25) is 0 Å². The van der Waals surface area contributed by atoms with Crippen LogP contribution in [0.25, 0.3) is 5.57 Å². The van der Waals surface area contributed by atoms with Crippen LogP contribution in [0, 0.1) is 0 Å². The highest BCUT2D eigenvalue weighted by Gasteiger charge is 2.32. The normalized spacial score (nSPS) is 18.4. The first-order valence-corrected chi connectivity index (χ1v) is 7.37. The third-order valence-electron chi connectivity index (χ3n) is 3.90. The minimum absolute atomic E-state index is 0.0720. The van der Waals surface area contributed by atoms with Gasteiger partial charge in [0.2, 0.25) is 5.91 Å². The number of benzene rings is 1. The van der Waals surface area contributed by atoms with Crippen LogP contribution < -0.4 is 5.73 Å². The third-order valence-corrected chi connectivity index (χ3v) is 3.90. The second-order valence-corrected chi connectivity index (χ2v) is 5.76. The molecule has 0 bridgehead atoms. The molecular weight excluding hydrogens is 248 g/mol. The van der Waals surface area contributed by atoms with Crippen LogP contribution in [0.3, 0.4) is 0 Å². The Labute approximate surface area is 121 Å². The summed E-state index contributed by atoms with van der Waals surface area (Å²) in [4.78, 5) is 14.3. The zero-order valence-electron chi connectivity index (χ0n) is 12.4. The minimum atomic E-state index is -0.729. The van der Waals surface area contributed by atoms with Crippen molar-refractivity contribution in [1.29, 1.82) is 0 Å². The number of rotatable bonds is 4. The SMILES string of the molecule is CCCC(C)(N)C(=O)N1CC=C(c2ccccc2)CC1. The second kappa shape index (κ2) is 6.23. The summed E-state index contributed by atoms with van der Waals surface area (Å²) in [7, 11) is 0. The fourth-order valence-electron chi connectivity index (χ4n) is 2.76. The smallest absolute Gasteiger partial charge is 0.242 e. The molecule has 108 valence electrons. The molecule has 3 heteroatoms. The van der Waals surface area contributed by atoms with E-state index in [9.17, 15) is 4.79 Å². The maximum Gasteiger partial charge on any atom is 0.242 e. The van der Waals surface area contributed by atoms with E-state index in [2.05, 4.69) is 25.1 Å². The van der Waals surface area contributed by atoms with Gasteiger partial charge in [-0.1, -0.05) is 49.8 Å². The highest BCUT2D eigenvalue weighted by Crippen LogP contribution is 2.23. The minimum Gasteiger partial charge on any atom is -0.337 e. The van der Waals surface area contributed by atoms with Gasteiger partial charge in [-0.2, -0.15) is 0 Å². The van der Waals surface area contributed by atoms with E-state index in [0.717, 1.165) is 25.8 Å². The summed E-state index contributed by atoms with van der Waals surface area (Å²) in [5.74, 6) is 0.0720. The lowest BCUT2D eigenvalue weighted by atomic mass is 9.93. The molecule has 1 heterocycles. The molecule has 3 nitrogen and oxygen atoms in total. The Balaban J connectivity index is 2.04. The van der Waals surface area contributed by atoms with Crippen LogP contribution in [-0.2, 0) is 4.79 Å². The molecule has 1 aromatic carbocycles. The molecule has 0 saturated heterocycles. The summed E-state index contributed by atoms with van der Waals surface area (Å²) in [6.45, 7) is 5.33. The van der Waals surface area contributed by atoms with E-state index in [1.807, 2.05) is 30.0 Å². The van der Waals surface area contributed by atoms with Gasteiger partial charge in [-0.3, -0.25) is 4.79 Å². The van der Waals surface area contributed by atoms with Crippen molar-refractivity contribution >= 4 is 11.5 Å². The van der Waals surface area contributed by atoms with Crippen LogP contribution in [0.1, 0.15) is 38.7 Å². The molecule has 2 N–H and O–H groups in total. The van der Waals surface area contributed by atoms with Crippen molar-refractivity contribution in [2.45, 2.75) is 38.6 Å². The first-order chi connectivity index (χ1) is 9.54. The molecule has 2 rings (SSSR count). The second-order valence-electron chi connectivity index (χ2n) is 5.76. The lowest BCUT2D eigenvalue weighted by molar-refractivity contribution is -0.136. The van der Waals surface area contributed by atoms with E-state index >= 15 is 0 Å². The number of amides is 1. The van der Waals surface area contributed by atoms with E-state index in [4.69, 9.17) is 5.73 Å². The summed E-state index contributed by atoms with van der Waals surface area (Å²) in [6, 6.07) is 10.4. The van der Waals surface area contributed by atoms with E-state index in [1.54, 1.807) is 0 Å². The Morgan fingerprint density at radius 3 is 2.60 bits per heavy atom. The molecule has 1 aliphatic heterocycles. The summed E-state index contributed by atoms with van der Waals surface area (Å²) in [5, 5.41) is 0. The van der Waals surface area contributed by atoms with Gasteiger partial charge in [-0.05, 0) is 30.9 Å². The molecule has 0 saturated carbocycles. The van der Waals surface area contributed by atoms with Crippen LogP contribution >= 0.6 is 0 Å². The third kappa shape index (κ3) is 3.28. The monoisotopic (exact) mass is 272 g/mol.